The highest BCUT2D eigenvalue weighted by Crippen LogP contribution is 2.24. The summed E-state index contributed by atoms with van der Waals surface area (Å²) in [6, 6.07) is 15.7. The highest BCUT2D eigenvalue weighted by atomic mass is 19.1. The van der Waals surface area contributed by atoms with E-state index in [9.17, 15) is 9.50 Å². The largest absolute Gasteiger partial charge is 0.388 e. The number of rotatable bonds is 3. The van der Waals surface area contributed by atoms with Gasteiger partial charge in [-0.3, -0.25) is 4.57 Å². The molecule has 0 unspecified atom stereocenters. The summed E-state index contributed by atoms with van der Waals surface area (Å²) in [5.74, 6) is 0.370. The van der Waals surface area contributed by atoms with Gasteiger partial charge in [0.1, 0.15) is 12.4 Å². The molecule has 1 N–H and O–H groups in total. The third-order valence-electron chi connectivity index (χ3n) is 3.00. The van der Waals surface area contributed by atoms with Crippen LogP contribution >= 0.6 is 0 Å². The normalized spacial score (nSPS) is 10.7. The molecule has 0 saturated carbocycles. The Balaban J connectivity index is 2.24. The van der Waals surface area contributed by atoms with Crippen LogP contribution in [-0.4, -0.2) is 19.9 Å². The first-order chi connectivity index (χ1) is 9.81. The van der Waals surface area contributed by atoms with Gasteiger partial charge in [0.2, 0.25) is 0 Å². The Morgan fingerprint density at radius 3 is 2.35 bits per heavy atom. The minimum absolute atomic E-state index is 0.268. The molecule has 0 aliphatic carbocycles. The van der Waals surface area contributed by atoms with Gasteiger partial charge in [-0.1, -0.05) is 30.3 Å². The number of hydrogen-bond donors (Lipinski definition) is 1. The number of aliphatic hydroxyl groups is 1. The van der Waals surface area contributed by atoms with Crippen LogP contribution in [0.4, 0.5) is 4.39 Å². The molecule has 1 aromatic heterocycles. The molecule has 5 heteroatoms. The molecular formula is C15H12FN3O. The molecule has 0 atom stereocenters. The summed E-state index contributed by atoms with van der Waals surface area (Å²) in [7, 11) is 0. The predicted molar refractivity (Wildman–Crippen MR) is 72.7 cm³/mol. The van der Waals surface area contributed by atoms with Gasteiger partial charge in [0.25, 0.3) is 0 Å². The van der Waals surface area contributed by atoms with Crippen molar-refractivity contribution in [3.63, 3.8) is 0 Å². The van der Waals surface area contributed by atoms with Gasteiger partial charge in [0, 0.05) is 5.69 Å². The molecule has 1 heterocycles. The summed E-state index contributed by atoms with van der Waals surface area (Å²) in [5, 5.41) is 17.3. The molecule has 4 nitrogen and oxygen atoms in total. The molecule has 0 bridgehead atoms. The van der Waals surface area contributed by atoms with E-state index in [0.29, 0.717) is 17.2 Å². The van der Waals surface area contributed by atoms with Crippen molar-refractivity contribution in [3.05, 3.63) is 66.2 Å². The third-order valence-corrected chi connectivity index (χ3v) is 3.00. The maximum absolute atomic E-state index is 13.9. The van der Waals surface area contributed by atoms with Crippen LogP contribution in [-0.2, 0) is 6.61 Å². The number of aromatic nitrogens is 3. The molecule has 3 rings (SSSR count). The van der Waals surface area contributed by atoms with Crippen LogP contribution in [0.2, 0.25) is 0 Å². The fourth-order valence-corrected chi connectivity index (χ4v) is 2.08. The lowest BCUT2D eigenvalue weighted by Gasteiger charge is -2.09. The monoisotopic (exact) mass is 269 g/mol. The molecule has 20 heavy (non-hydrogen) atoms. The molecular weight excluding hydrogens is 257 g/mol. The van der Waals surface area contributed by atoms with E-state index >= 15 is 0 Å². The van der Waals surface area contributed by atoms with Gasteiger partial charge in [-0.2, -0.15) is 0 Å². The second-order valence-electron chi connectivity index (χ2n) is 4.25. The van der Waals surface area contributed by atoms with Crippen molar-refractivity contribution < 1.29 is 9.50 Å². The second kappa shape index (κ2) is 5.22. The van der Waals surface area contributed by atoms with Crippen LogP contribution in [0.25, 0.3) is 17.1 Å². The van der Waals surface area contributed by atoms with E-state index in [1.807, 2.05) is 30.3 Å². The Hall–Kier alpha value is -2.53. The predicted octanol–water partition coefficient (Wildman–Crippen LogP) is 2.57. The first-order valence-corrected chi connectivity index (χ1v) is 6.16. The maximum Gasteiger partial charge on any atom is 0.171 e. The van der Waals surface area contributed by atoms with E-state index < -0.39 is 0 Å². The summed E-state index contributed by atoms with van der Waals surface area (Å²) in [5.41, 5.74) is 1.13. The number of para-hydroxylation sites is 1. The van der Waals surface area contributed by atoms with Crippen molar-refractivity contribution in [2.75, 3.05) is 0 Å². The SMILES string of the molecule is OCc1nnc(-c2ccccc2F)n1-c1ccccc1. The van der Waals surface area contributed by atoms with Gasteiger partial charge in [0.05, 0.1) is 5.56 Å². The van der Waals surface area contributed by atoms with Gasteiger partial charge in [0.15, 0.2) is 11.6 Å². The van der Waals surface area contributed by atoms with Gasteiger partial charge >= 0.3 is 0 Å². The maximum atomic E-state index is 13.9. The lowest BCUT2D eigenvalue weighted by atomic mass is 10.2. The van der Waals surface area contributed by atoms with Crippen molar-refractivity contribution in [3.8, 4) is 17.1 Å². The summed E-state index contributed by atoms with van der Waals surface area (Å²) in [6.45, 7) is -0.268. The Kier molecular flexibility index (Phi) is 3.26. The second-order valence-corrected chi connectivity index (χ2v) is 4.25. The molecule has 3 aromatic rings. The Morgan fingerprint density at radius 1 is 0.950 bits per heavy atom. The Labute approximate surface area is 115 Å². The van der Waals surface area contributed by atoms with E-state index in [1.165, 1.54) is 6.07 Å². The zero-order chi connectivity index (χ0) is 13.9. The third kappa shape index (κ3) is 2.08. The number of halogens is 1. The van der Waals surface area contributed by atoms with Crippen LogP contribution in [0.15, 0.2) is 54.6 Å². The first kappa shape index (κ1) is 12.5. The summed E-state index contributed by atoms with van der Waals surface area (Å²) in [6.07, 6.45) is 0. The van der Waals surface area contributed by atoms with Crippen LogP contribution in [0, 0.1) is 5.82 Å². The molecule has 100 valence electrons. The van der Waals surface area contributed by atoms with Crippen LogP contribution in [0.3, 0.4) is 0 Å². The Morgan fingerprint density at radius 2 is 1.65 bits per heavy atom. The quantitative estimate of drug-likeness (QED) is 0.795. The smallest absolute Gasteiger partial charge is 0.171 e. The van der Waals surface area contributed by atoms with E-state index in [2.05, 4.69) is 10.2 Å². The lowest BCUT2D eigenvalue weighted by Crippen LogP contribution is -2.03. The molecule has 2 aromatic carbocycles. The van der Waals surface area contributed by atoms with Gasteiger partial charge in [-0.05, 0) is 24.3 Å². The van der Waals surface area contributed by atoms with Crippen molar-refractivity contribution >= 4 is 0 Å². The van der Waals surface area contributed by atoms with Crippen molar-refractivity contribution in [2.45, 2.75) is 6.61 Å². The van der Waals surface area contributed by atoms with Crippen LogP contribution < -0.4 is 0 Å². The molecule has 0 aliphatic heterocycles. The van der Waals surface area contributed by atoms with Crippen LogP contribution in [0.1, 0.15) is 5.82 Å². The van der Waals surface area contributed by atoms with Crippen molar-refractivity contribution in [1.82, 2.24) is 14.8 Å². The van der Waals surface area contributed by atoms with Gasteiger partial charge in [-0.15, -0.1) is 10.2 Å². The van der Waals surface area contributed by atoms with E-state index in [4.69, 9.17) is 0 Å². The molecule has 0 saturated heterocycles. The number of hydrogen-bond acceptors (Lipinski definition) is 3. The average molecular weight is 269 g/mol. The van der Waals surface area contributed by atoms with Gasteiger partial charge < -0.3 is 5.11 Å². The van der Waals surface area contributed by atoms with Crippen LogP contribution in [0.5, 0.6) is 0 Å². The number of benzene rings is 2. The zero-order valence-corrected chi connectivity index (χ0v) is 10.6. The lowest BCUT2D eigenvalue weighted by molar-refractivity contribution is 0.269. The van der Waals surface area contributed by atoms with Crippen molar-refractivity contribution in [2.24, 2.45) is 0 Å². The minimum atomic E-state index is -0.374. The molecule has 0 spiro atoms. The summed E-state index contributed by atoms with van der Waals surface area (Å²) >= 11 is 0. The highest BCUT2D eigenvalue weighted by molar-refractivity contribution is 5.59. The number of aliphatic hydroxyl groups excluding tert-OH is 1. The zero-order valence-electron chi connectivity index (χ0n) is 10.6. The minimum Gasteiger partial charge on any atom is -0.388 e. The number of nitrogens with zero attached hydrogens (tertiary/aromatic N) is 3. The average Bonchev–Trinajstić information content (AvgIpc) is 2.92. The fraction of sp³-hybridized carbons (Fsp3) is 0.0667. The summed E-state index contributed by atoms with van der Waals surface area (Å²) in [4.78, 5) is 0. The summed E-state index contributed by atoms with van der Waals surface area (Å²) < 4.78 is 15.6. The fourth-order valence-electron chi connectivity index (χ4n) is 2.08. The van der Waals surface area contributed by atoms with E-state index in [-0.39, 0.29) is 12.4 Å². The van der Waals surface area contributed by atoms with Gasteiger partial charge in [-0.25, -0.2) is 4.39 Å². The van der Waals surface area contributed by atoms with E-state index in [1.54, 1.807) is 22.8 Å². The topological polar surface area (TPSA) is 50.9 Å². The highest BCUT2D eigenvalue weighted by Gasteiger charge is 2.17. The Bertz CT molecular complexity index is 725. The van der Waals surface area contributed by atoms with E-state index in [0.717, 1.165) is 5.69 Å². The van der Waals surface area contributed by atoms with Crippen molar-refractivity contribution in [1.29, 1.82) is 0 Å². The molecule has 0 aliphatic rings. The molecule has 0 fully saturated rings. The molecule has 0 radical (unpaired) electrons. The molecule has 0 amide bonds. The standard InChI is InChI=1S/C15H12FN3O/c16-13-9-5-4-8-12(13)15-18-17-14(10-20)19(15)11-6-2-1-3-7-11/h1-9,20H,10H2. The first-order valence-electron chi connectivity index (χ1n) is 6.16.